The Morgan fingerprint density at radius 3 is 2.65 bits per heavy atom. The van der Waals surface area contributed by atoms with Crippen LogP contribution in [0.1, 0.15) is 30.8 Å². The molecule has 0 aliphatic carbocycles. The molecule has 0 spiro atoms. The van der Waals surface area contributed by atoms with Gasteiger partial charge in [-0.1, -0.05) is 0 Å². The van der Waals surface area contributed by atoms with E-state index in [0.29, 0.717) is 6.61 Å². The summed E-state index contributed by atoms with van der Waals surface area (Å²) in [6, 6.07) is 7.04. The third-order valence-electron chi connectivity index (χ3n) is 3.01. The summed E-state index contributed by atoms with van der Waals surface area (Å²) in [7, 11) is 0. The monoisotopic (exact) mass is 334 g/mol. The van der Waals surface area contributed by atoms with Crippen molar-refractivity contribution in [1.29, 1.82) is 0 Å². The molecule has 6 nitrogen and oxygen atoms in total. The van der Waals surface area contributed by atoms with Gasteiger partial charge in [0.2, 0.25) is 0 Å². The molecule has 1 amide bonds. The number of thiazole rings is 1. The number of ether oxygens (including phenoxy) is 1. The van der Waals surface area contributed by atoms with Gasteiger partial charge < -0.3 is 15.2 Å². The summed E-state index contributed by atoms with van der Waals surface area (Å²) in [5.74, 6) is -0.536. The number of carboxylic acid groups (broad SMARTS) is 1. The van der Waals surface area contributed by atoms with Crippen molar-refractivity contribution < 1.29 is 19.4 Å². The van der Waals surface area contributed by atoms with Crippen LogP contribution in [0.15, 0.2) is 29.6 Å². The van der Waals surface area contributed by atoms with Crippen LogP contribution in [0.5, 0.6) is 5.75 Å². The summed E-state index contributed by atoms with van der Waals surface area (Å²) in [5.41, 5.74) is 1.19. The van der Waals surface area contributed by atoms with E-state index in [1.807, 2.05) is 31.2 Å². The molecule has 122 valence electrons. The van der Waals surface area contributed by atoms with E-state index in [0.717, 1.165) is 16.3 Å². The summed E-state index contributed by atoms with van der Waals surface area (Å²) >= 11 is 1.36. The number of amides is 1. The van der Waals surface area contributed by atoms with Gasteiger partial charge in [0.1, 0.15) is 16.5 Å². The van der Waals surface area contributed by atoms with Crippen LogP contribution in [0.3, 0.4) is 0 Å². The zero-order valence-corrected chi connectivity index (χ0v) is 13.7. The van der Waals surface area contributed by atoms with E-state index in [9.17, 15) is 9.59 Å². The molecular formula is C16H18N2O4S. The van der Waals surface area contributed by atoms with Crippen molar-refractivity contribution >= 4 is 23.2 Å². The molecule has 1 unspecified atom stereocenters. The van der Waals surface area contributed by atoms with Gasteiger partial charge in [0, 0.05) is 17.0 Å². The second kappa shape index (κ2) is 7.73. The normalized spacial score (nSPS) is 11.7. The molecule has 0 aliphatic rings. The number of carbonyl (C=O) groups excluding carboxylic acids is 1. The first-order valence-electron chi connectivity index (χ1n) is 7.21. The van der Waals surface area contributed by atoms with Crippen LogP contribution in [0, 0.1) is 0 Å². The molecule has 2 rings (SSSR count). The molecule has 0 saturated heterocycles. The highest BCUT2D eigenvalue weighted by molar-refractivity contribution is 7.13. The number of hydrogen-bond acceptors (Lipinski definition) is 5. The van der Waals surface area contributed by atoms with Gasteiger partial charge >= 0.3 is 5.97 Å². The number of rotatable bonds is 7. The minimum Gasteiger partial charge on any atom is -0.494 e. The fourth-order valence-electron chi connectivity index (χ4n) is 1.98. The first-order chi connectivity index (χ1) is 11.0. The Labute approximate surface area is 138 Å². The average Bonchev–Trinajstić information content (AvgIpc) is 2.97. The first kappa shape index (κ1) is 17.0. The standard InChI is InChI=1S/C16H18N2O4S/c1-3-22-12-6-4-11(5-7-12)16-18-13(9-23-16)15(21)17-10(2)8-14(19)20/h4-7,9-10H,3,8H2,1-2H3,(H,17,21)(H,19,20). The summed E-state index contributed by atoms with van der Waals surface area (Å²) in [5, 5.41) is 13.7. The predicted molar refractivity (Wildman–Crippen MR) is 87.9 cm³/mol. The number of hydrogen-bond donors (Lipinski definition) is 2. The van der Waals surface area contributed by atoms with Gasteiger partial charge in [0.25, 0.3) is 5.91 Å². The van der Waals surface area contributed by atoms with Crippen molar-refractivity contribution in [1.82, 2.24) is 10.3 Å². The summed E-state index contributed by atoms with van der Waals surface area (Å²) < 4.78 is 5.39. The van der Waals surface area contributed by atoms with Gasteiger partial charge in [0.05, 0.1) is 13.0 Å². The number of aromatic nitrogens is 1. The molecule has 2 aromatic rings. The average molecular weight is 334 g/mol. The Hall–Kier alpha value is -2.41. The smallest absolute Gasteiger partial charge is 0.305 e. The highest BCUT2D eigenvalue weighted by atomic mass is 32.1. The largest absolute Gasteiger partial charge is 0.494 e. The molecule has 0 bridgehead atoms. The Morgan fingerprint density at radius 1 is 1.35 bits per heavy atom. The molecule has 0 aliphatic heterocycles. The van der Waals surface area contributed by atoms with Crippen LogP contribution >= 0.6 is 11.3 Å². The number of carbonyl (C=O) groups is 2. The number of benzene rings is 1. The van der Waals surface area contributed by atoms with Gasteiger partial charge in [0.15, 0.2) is 0 Å². The van der Waals surface area contributed by atoms with E-state index in [1.165, 1.54) is 11.3 Å². The lowest BCUT2D eigenvalue weighted by atomic mass is 10.2. The van der Waals surface area contributed by atoms with Gasteiger partial charge in [-0.2, -0.15) is 0 Å². The molecule has 7 heteroatoms. The van der Waals surface area contributed by atoms with Crippen molar-refractivity contribution in [2.24, 2.45) is 0 Å². The zero-order chi connectivity index (χ0) is 16.8. The molecule has 1 heterocycles. The van der Waals surface area contributed by atoms with Crippen LogP contribution in [-0.2, 0) is 4.79 Å². The zero-order valence-electron chi connectivity index (χ0n) is 12.9. The third-order valence-corrected chi connectivity index (χ3v) is 3.90. The number of carboxylic acids is 1. The van der Waals surface area contributed by atoms with Gasteiger partial charge in [-0.3, -0.25) is 9.59 Å². The second-order valence-electron chi connectivity index (χ2n) is 4.97. The molecule has 0 saturated carbocycles. The fourth-order valence-corrected chi connectivity index (χ4v) is 2.79. The lowest BCUT2D eigenvalue weighted by Crippen LogP contribution is -2.34. The third kappa shape index (κ3) is 4.79. The molecule has 0 fully saturated rings. The van der Waals surface area contributed by atoms with Crippen LogP contribution in [0.4, 0.5) is 0 Å². The Bertz CT molecular complexity index is 682. The molecule has 0 radical (unpaired) electrons. The highest BCUT2D eigenvalue weighted by Gasteiger charge is 2.15. The van der Waals surface area contributed by atoms with E-state index >= 15 is 0 Å². The SMILES string of the molecule is CCOc1ccc(-c2nc(C(=O)NC(C)CC(=O)O)cs2)cc1. The van der Waals surface area contributed by atoms with Crippen molar-refractivity contribution in [3.63, 3.8) is 0 Å². The molecule has 1 aromatic heterocycles. The summed E-state index contributed by atoms with van der Waals surface area (Å²) in [6.45, 7) is 4.17. The van der Waals surface area contributed by atoms with Crippen LogP contribution in [0.25, 0.3) is 10.6 Å². The van der Waals surface area contributed by atoms with Gasteiger partial charge in [-0.05, 0) is 38.1 Å². The maximum atomic E-state index is 12.0. The minimum absolute atomic E-state index is 0.123. The van der Waals surface area contributed by atoms with E-state index in [2.05, 4.69) is 10.3 Å². The Kier molecular flexibility index (Phi) is 5.70. The van der Waals surface area contributed by atoms with Crippen molar-refractivity contribution in [2.45, 2.75) is 26.3 Å². The van der Waals surface area contributed by atoms with Crippen molar-refractivity contribution in [2.75, 3.05) is 6.61 Å². The van der Waals surface area contributed by atoms with E-state index in [1.54, 1.807) is 12.3 Å². The van der Waals surface area contributed by atoms with Crippen LogP contribution < -0.4 is 10.1 Å². The van der Waals surface area contributed by atoms with Gasteiger partial charge in [-0.15, -0.1) is 11.3 Å². The molecule has 23 heavy (non-hydrogen) atoms. The Morgan fingerprint density at radius 2 is 2.04 bits per heavy atom. The highest BCUT2D eigenvalue weighted by Crippen LogP contribution is 2.25. The van der Waals surface area contributed by atoms with E-state index < -0.39 is 12.0 Å². The predicted octanol–water partition coefficient (Wildman–Crippen LogP) is 2.80. The summed E-state index contributed by atoms with van der Waals surface area (Å²) in [4.78, 5) is 27.0. The topological polar surface area (TPSA) is 88.5 Å². The maximum Gasteiger partial charge on any atom is 0.305 e. The molecule has 1 aromatic carbocycles. The van der Waals surface area contributed by atoms with E-state index in [-0.39, 0.29) is 18.0 Å². The molecule has 1 atom stereocenters. The quantitative estimate of drug-likeness (QED) is 0.813. The minimum atomic E-state index is -0.953. The lowest BCUT2D eigenvalue weighted by Gasteiger charge is -2.09. The van der Waals surface area contributed by atoms with Crippen molar-refractivity contribution in [3.05, 3.63) is 35.3 Å². The maximum absolute atomic E-state index is 12.0. The summed E-state index contributed by atoms with van der Waals surface area (Å²) in [6.07, 6.45) is -0.123. The first-order valence-corrected chi connectivity index (χ1v) is 8.09. The Balaban J connectivity index is 2.04. The number of nitrogens with zero attached hydrogens (tertiary/aromatic N) is 1. The molecule has 2 N–H and O–H groups in total. The van der Waals surface area contributed by atoms with Crippen molar-refractivity contribution in [3.8, 4) is 16.3 Å². The number of aliphatic carboxylic acids is 1. The van der Waals surface area contributed by atoms with E-state index in [4.69, 9.17) is 9.84 Å². The lowest BCUT2D eigenvalue weighted by molar-refractivity contribution is -0.137. The van der Waals surface area contributed by atoms with Crippen LogP contribution in [-0.4, -0.2) is 34.6 Å². The number of nitrogens with one attached hydrogen (secondary N) is 1. The van der Waals surface area contributed by atoms with Gasteiger partial charge in [-0.25, -0.2) is 4.98 Å². The second-order valence-corrected chi connectivity index (χ2v) is 5.83. The fraction of sp³-hybridized carbons (Fsp3) is 0.312. The molecular weight excluding hydrogens is 316 g/mol. The van der Waals surface area contributed by atoms with Crippen LogP contribution in [0.2, 0.25) is 0 Å².